The van der Waals surface area contributed by atoms with Gasteiger partial charge in [-0.2, -0.15) is 0 Å². The van der Waals surface area contributed by atoms with E-state index < -0.39 is 0 Å². The number of nitrogens with zero attached hydrogens (tertiary/aromatic N) is 1. The molecule has 1 N–H and O–H groups in total. The van der Waals surface area contributed by atoms with E-state index in [2.05, 4.69) is 5.32 Å². The summed E-state index contributed by atoms with van der Waals surface area (Å²) in [5.41, 5.74) is 1.11. The summed E-state index contributed by atoms with van der Waals surface area (Å²) in [5, 5.41) is 3.89. The second-order valence-corrected chi connectivity index (χ2v) is 4.40. The standard InChI is InChI=1S/C12H17ClN2O.ClH/c1-9(12(16)15(2)3)14-8-10-4-6-11(13)7-5-10;/h4-7,9,14H,8H2,1-3H3;1H/t9-;/m1./s1. The van der Waals surface area contributed by atoms with E-state index in [1.54, 1.807) is 19.0 Å². The van der Waals surface area contributed by atoms with E-state index in [1.807, 2.05) is 31.2 Å². The molecule has 1 rings (SSSR count). The Morgan fingerprint density at radius 2 is 1.88 bits per heavy atom. The van der Waals surface area contributed by atoms with Crippen LogP contribution in [0.1, 0.15) is 12.5 Å². The Labute approximate surface area is 114 Å². The van der Waals surface area contributed by atoms with E-state index in [4.69, 9.17) is 11.6 Å². The lowest BCUT2D eigenvalue weighted by molar-refractivity contribution is -0.130. The van der Waals surface area contributed by atoms with Gasteiger partial charge in [-0.05, 0) is 24.6 Å². The number of carbonyl (C=O) groups is 1. The van der Waals surface area contributed by atoms with Gasteiger partial charge in [0.2, 0.25) is 5.91 Å². The van der Waals surface area contributed by atoms with Crippen LogP contribution in [0, 0.1) is 0 Å². The van der Waals surface area contributed by atoms with Crippen LogP contribution < -0.4 is 5.32 Å². The van der Waals surface area contributed by atoms with Crippen molar-refractivity contribution in [3.8, 4) is 0 Å². The van der Waals surface area contributed by atoms with Crippen molar-refractivity contribution < 1.29 is 4.79 Å². The molecule has 0 aliphatic rings. The van der Waals surface area contributed by atoms with Crippen LogP contribution in [0.5, 0.6) is 0 Å². The number of amides is 1. The summed E-state index contributed by atoms with van der Waals surface area (Å²) in [6.45, 7) is 2.52. The minimum Gasteiger partial charge on any atom is -0.347 e. The summed E-state index contributed by atoms with van der Waals surface area (Å²) in [6, 6.07) is 7.41. The van der Waals surface area contributed by atoms with Crippen LogP contribution in [0.4, 0.5) is 0 Å². The molecule has 5 heteroatoms. The van der Waals surface area contributed by atoms with Gasteiger partial charge < -0.3 is 10.2 Å². The second-order valence-electron chi connectivity index (χ2n) is 3.96. The van der Waals surface area contributed by atoms with Gasteiger partial charge in [0.15, 0.2) is 0 Å². The summed E-state index contributed by atoms with van der Waals surface area (Å²) < 4.78 is 0. The highest BCUT2D eigenvalue weighted by molar-refractivity contribution is 6.30. The Morgan fingerprint density at radius 3 is 2.35 bits per heavy atom. The average molecular weight is 277 g/mol. The van der Waals surface area contributed by atoms with Crippen molar-refractivity contribution in [2.45, 2.75) is 19.5 Å². The zero-order valence-corrected chi connectivity index (χ0v) is 11.8. The van der Waals surface area contributed by atoms with Gasteiger partial charge in [-0.25, -0.2) is 0 Å². The molecule has 0 saturated heterocycles. The maximum Gasteiger partial charge on any atom is 0.238 e. The van der Waals surface area contributed by atoms with Gasteiger partial charge in [-0.1, -0.05) is 23.7 Å². The number of nitrogens with one attached hydrogen (secondary N) is 1. The topological polar surface area (TPSA) is 32.3 Å². The predicted molar refractivity (Wildman–Crippen MR) is 73.7 cm³/mol. The van der Waals surface area contributed by atoms with Crippen LogP contribution in [0.3, 0.4) is 0 Å². The van der Waals surface area contributed by atoms with Crippen LogP contribution >= 0.6 is 24.0 Å². The van der Waals surface area contributed by atoms with Crippen molar-refractivity contribution in [1.29, 1.82) is 0 Å². The van der Waals surface area contributed by atoms with Crippen LogP contribution in [0.25, 0.3) is 0 Å². The summed E-state index contributed by atoms with van der Waals surface area (Å²) in [5.74, 6) is 0.0777. The zero-order chi connectivity index (χ0) is 12.1. The molecule has 0 aliphatic heterocycles. The lowest BCUT2D eigenvalue weighted by Crippen LogP contribution is -2.41. The summed E-state index contributed by atoms with van der Waals surface area (Å²) in [6.07, 6.45) is 0. The Kier molecular flexibility index (Phi) is 7.19. The summed E-state index contributed by atoms with van der Waals surface area (Å²) >= 11 is 5.79. The maximum atomic E-state index is 11.6. The van der Waals surface area contributed by atoms with Gasteiger partial charge in [0, 0.05) is 25.7 Å². The lowest BCUT2D eigenvalue weighted by Gasteiger charge is -2.18. The molecule has 0 saturated carbocycles. The molecule has 96 valence electrons. The molecule has 0 unspecified atom stereocenters. The second kappa shape index (κ2) is 7.54. The molecule has 1 amide bonds. The molecule has 1 aromatic rings. The van der Waals surface area contributed by atoms with Gasteiger partial charge in [-0.15, -0.1) is 12.4 Å². The third-order valence-electron chi connectivity index (χ3n) is 2.34. The minimum absolute atomic E-state index is 0. The van der Waals surface area contributed by atoms with Crippen LogP contribution in [0.2, 0.25) is 5.02 Å². The van der Waals surface area contributed by atoms with E-state index in [-0.39, 0.29) is 24.4 Å². The predicted octanol–water partition coefficient (Wildman–Crippen LogP) is 2.33. The maximum absolute atomic E-state index is 11.6. The first kappa shape index (κ1) is 16.2. The Bertz CT molecular complexity index is 352. The van der Waals surface area contributed by atoms with Crippen molar-refractivity contribution in [3.63, 3.8) is 0 Å². The molecule has 1 atom stereocenters. The number of benzene rings is 1. The van der Waals surface area contributed by atoms with Crippen molar-refractivity contribution in [3.05, 3.63) is 34.9 Å². The van der Waals surface area contributed by atoms with Crippen molar-refractivity contribution in [1.82, 2.24) is 10.2 Å². The van der Waals surface area contributed by atoms with Crippen molar-refractivity contribution in [2.75, 3.05) is 14.1 Å². The molecule has 0 spiro atoms. The highest BCUT2D eigenvalue weighted by Gasteiger charge is 2.13. The minimum atomic E-state index is -0.175. The Balaban J connectivity index is 0.00000256. The smallest absolute Gasteiger partial charge is 0.238 e. The van der Waals surface area contributed by atoms with E-state index in [0.29, 0.717) is 6.54 Å². The molecule has 3 nitrogen and oxygen atoms in total. The Hall–Kier alpha value is -0.770. The van der Waals surface area contributed by atoms with Crippen LogP contribution in [-0.4, -0.2) is 30.9 Å². The normalized spacial score (nSPS) is 11.5. The fraction of sp³-hybridized carbons (Fsp3) is 0.417. The lowest BCUT2D eigenvalue weighted by atomic mass is 10.2. The summed E-state index contributed by atoms with van der Waals surface area (Å²) in [4.78, 5) is 13.1. The summed E-state index contributed by atoms with van der Waals surface area (Å²) in [7, 11) is 3.51. The molecular weight excluding hydrogens is 259 g/mol. The fourth-order valence-corrected chi connectivity index (χ4v) is 1.47. The molecule has 0 bridgehead atoms. The van der Waals surface area contributed by atoms with E-state index in [0.717, 1.165) is 10.6 Å². The van der Waals surface area contributed by atoms with Gasteiger partial charge in [-0.3, -0.25) is 4.79 Å². The third kappa shape index (κ3) is 5.39. The van der Waals surface area contributed by atoms with Gasteiger partial charge in [0.1, 0.15) is 0 Å². The van der Waals surface area contributed by atoms with Gasteiger partial charge in [0.25, 0.3) is 0 Å². The van der Waals surface area contributed by atoms with E-state index >= 15 is 0 Å². The largest absolute Gasteiger partial charge is 0.347 e. The first-order chi connectivity index (χ1) is 7.50. The van der Waals surface area contributed by atoms with E-state index in [9.17, 15) is 4.79 Å². The molecule has 0 aromatic heterocycles. The molecule has 1 aromatic carbocycles. The average Bonchev–Trinajstić information content (AvgIpc) is 2.26. The molecule has 0 aliphatic carbocycles. The van der Waals surface area contributed by atoms with Gasteiger partial charge in [0.05, 0.1) is 6.04 Å². The third-order valence-corrected chi connectivity index (χ3v) is 2.59. The molecule has 0 fully saturated rings. The molecule has 0 heterocycles. The SMILES string of the molecule is C[C@@H](NCc1ccc(Cl)cc1)C(=O)N(C)C.Cl. The number of hydrogen-bond acceptors (Lipinski definition) is 2. The zero-order valence-electron chi connectivity index (χ0n) is 10.2. The number of hydrogen-bond donors (Lipinski definition) is 1. The monoisotopic (exact) mass is 276 g/mol. The van der Waals surface area contributed by atoms with Crippen molar-refractivity contribution in [2.24, 2.45) is 0 Å². The fourth-order valence-electron chi connectivity index (χ4n) is 1.35. The quantitative estimate of drug-likeness (QED) is 0.916. The number of carbonyl (C=O) groups excluding carboxylic acids is 1. The first-order valence-electron chi connectivity index (χ1n) is 5.19. The number of likely N-dealkylation sites (N-methyl/N-ethyl adjacent to an activating group) is 1. The van der Waals surface area contributed by atoms with E-state index in [1.165, 1.54) is 0 Å². The highest BCUT2D eigenvalue weighted by atomic mass is 35.5. The molecule has 0 radical (unpaired) electrons. The number of rotatable bonds is 4. The van der Waals surface area contributed by atoms with Gasteiger partial charge >= 0.3 is 0 Å². The Morgan fingerprint density at radius 1 is 1.35 bits per heavy atom. The molecular formula is C12H18Cl2N2O. The first-order valence-corrected chi connectivity index (χ1v) is 5.57. The highest BCUT2D eigenvalue weighted by Crippen LogP contribution is 2.09. The molecule has 17 heavy (non-hydrogen) atoms. The van der Waals surface area contributed by atoms with Crippen LogP contribution in [-0.2, 0) is 11.3 Å². The van der Waals surface area contributed by atoms with Crippen molar-refractivity contribution >= 4 is 29.9 Å². The van der Waals surface area contributed by atoms with Crippen LogP contribution in [0.15, 0.2) is 24.3 Å². The number of halogens is 2.